The smallest absolute Gasteiger partial charge is 0.307 e. The fourth-order valence-corrected chi connectivity index (χ4v) is 2.50. The topological polar surface area (TPSA) is 146 Å². The van der Waals surface area contributed by atoms with Crippen LogP contribution >= 0.6 is 15.5 Å². The second kappa shape index (κ2) is 5.10. The Morgan fingerprint density at radius 1 is 0.900 bits per heavy atom. The van der Waals surface area contributed by atoms with Gasteiger partial charge in [0.25, 0.3) is 0 Å². The zero-order chi connectivity index (χ0) is 15.0. The van der Waals surface area contributed by atoms with Crippen molar-refractivity contribution < 1.29 is 28.7 Å². The third-order valence-electron chi connectivity index (χ3n) is 2.29. The molecule has 2 rings (SSSR count). The third kappa shape index (κ3) is 3.13. The minimum atomic E-state index is -4.71. The molecule has 0 amide bonds. The first-order chi connectivity index (χ1) is 9.19. The second-order valence-corrected chi connectivity index (χ2v) is 6.63. The molecule has 0 fully saturated rings. The van der Waals surface area contributed by atoms with E-state index >= 15 is 0 Å². The summed E-state index contributed by atoms with van der Waals surface area (Å²) in [6.45, 7) is 0. The van der Waals surface area contributed by atoms with E-state index in [1.54, 1.807) is 18.2 Å². The first kappa shape index (κ1) is 14.9. The quantitative estimate of drug-likeness (QED) is 0.517. The number of hydrogen-bond acceptors (Lipinski definition) is 2. The molecular weight excluding hydrogens is 310 g/mol. The SMILES string of the molecule is O=P(O)(O)n1ccn(P(=O)(O)O)n(-c2ccccc2)[nH]1. The Hall–Kier alpha value is -1.54. The number of hydrogen-bond donors (Lipinski definition) is 5. The number of H-pyrrole nitrogens is 1. The predicted molar refractivity (Wildman–Crippen MR) is 68.6 cm³/mol. The standard InChI is InChI=1S/C8H12N4O6P2/c13-19(14,15)10-6-7-11(20(16,17)18)12(9-10)8-4-2-1-3-5-8/h1-7,9H,(H2,13,14,15)(H2,16,17,18). The van der Waals surface area contributed by atoms with Crippen molar-refractivity contribution >= 4 is 15.5 Å². The summed E-state index contributed by atoms with van der Waals surface area (Å²) in [5, 5.41) is 2.22. The van der Waals surface area contributed by atoms with Crippen LogP contribution in [0.2, 0.25) is 0 Å². The molecule has 1 aromatic heterocycles. The van der Waals surface area contributed by atoms with Crippen molar-refractivity contribution in [2.45, 2.75) is 0 Å². The Labute approximate surface area is 112 Å². The minimum Gasteiger partial charge on any atom is -0.307 e. The van der Waals surface area contributed by atoms with Gasteiger partial charge in [-0.1, -0.05) is 18.2 Å². The van der Waals surface area contributed by atoms with E-state index in [2.05, 4.69) is 5.21 Å². The van der Waals surface area contributed by atoms with Gasteiger partial charge in [-0.15, -0.1) is 0 Å². The van der Waals surface area contributed by atoms with Crippen molar-refractivity contribution in [1.82, 2.24) is 18.9 Å². The molecule has 2 aromatic rings. The van der Waals surface area contributed by atoms with Crippen molar-refractivity contribution in [2.75, 3.05) is 0 Å². The lowest BCUT2D eigenvalue weighted by Gasteiger charge is -2.20. The average Bonchev–Trinajstić information content (AvgIpc) is 2.37. The number of rotatable bonds is 3. The van der Waals surface area contributed by atoms with Gasteiger partial charge in [0, 0.05) is 0 Å². The van der Waals surface area contributed by atoms with Crippen molar-refractivity contribution in [3.05, 3.63) is 42.7 Å². The van der Waals surface area contributed by atoms with E-state index in [1.165, 1.54) is 12.1 Å². The van der Waals surface area contributed by atoms with E-state index in [9.17, 15) is 18.9 Å². The molecule has 0 saturated carbocycles. The summed E-state index contributed by atoms with van der Waals surface area (Å²) >= 11 is 0. The predicted octanol–water partition coefficient (Wildman–Crippen LogP) is 0.414. The van der Waals surface area contributed by atoms with Gasteiger partial charge in [0.1, 0.15) is 0 Å². The van der Waals surface area contributed by atoms with E-state index in [1.807, 2.05) is 0 Å². The van der Waals surface area contributed by atoms with Crippen molar-refractivity contribution in [3.63, 3.8) is 0 Å². The molecule has 0 atom stereocenters. The lowest BCUT2D eigenvalue weighted by atomic mass is 10.3. The van der Waals surface area contributed by atoms with Gasteiger partial charge < -0.3 is 19.6 Å². The maximum Gasteiger partial charge on any atom is 0.449 e. The third-order valence-corrected chi connectivity index (χ3v) is 3.92. The molecular formula is C8H12N4O6P2. The Balaban J connectivity index is 2.74. The summed E-state index contributed by atoms with van der Waals surface area (Å²) in [4.78, 5) is 37.5. The number of nitrogens with zero attached hydrogens (tertiary/aromatic N) is 3. The van der Waals surface area contributed by atoms with E-state index < -0.39 is 15.5 Å². The van der Waals surface area contributed by atoms with Crippen LogP contribution in [0.4, 0.5) is 0 Å². The van der Waals surface area contributed by atoms with Gasteiger partial charge in [0.05, 0.1) is 18.1 Å². The van der Waals surface area contributed by atoms with Gasteiger partial charge in [-0.3, -0.25) is 0 Å². The summed E-state index contributed by atoms with van der Waals surface area (Å²) in [7, 11) is -9.37. The van der Waals surface area contributed by atoms with Crippen LogP contribution in [0.25, 0.3) is 5.69 Å². The zero-order valence-corrected chi connectivity index (χ0v) is 11.7. The molecule has 10 nitrogen and oxygen atoms in total. The first-order valence-electron chi connectivity index (χ1n) is 5.20. The summed E-state index contributed by atoms with van der Waals surface area (Å²) in [6.07, 6.45) is 1.70. The molecule has 1 aromatic carbocycles. The number of aromatic amines is 1. The minimum absolute atomic E-state index is 0.277. The molecule has 0 unspecified atom stereocenters. The lowest BCUT2D eigenvalue weighted by Crippen LogP contribution is -2.21. The van der Waals surface area contributed by atoms with E-state index in [4.69, 9.17) is 9.79 Å². The zero-order valence-electron chi connectivity index (χ0n) is 9.88. The van der Waals surface area contributed by atoms with Crippen LogP contribution in [0.5, 0.6) is 0 Å². The van der Waals surface area contributed by atoms with Crippen LogP contribution in [0.15, 0.2) is 42.7 Å². The van der Waals surface area contributed by atoms with Crippen LogP contribution in [-0.2, 0) is 9.13 Å². The van der Waals surface area contributed by atoms with Crippen LogP contribution in [0.1, 0.15) is 0 Å². The molecule has 20 heavy (non-hydrogen) atoms. The highest BCUT2D eigenvalue weighted by molar-refractivity contribution is 7.50. The van der Waals surface area contributed by atoms with Gasteiger partial charge in [0.2, 0.25) is 0 Å². The van der Waals surface area contributed by atoms with E-state index in [-0.39, 0.29) is 5.69 Å². The molecule has 0 aliphatic heterocycles. The first-order valence-corrected chi connectivity index (χ1v) is 8.33. The van der Waals surface area contributed by atoms with Gasteiger partial charge in [0.15, 0.2) is 0 Å². The van der Waals surface area contributed by atoms with Gasteiger partial charge in [-0.25, -0.2) is 14.3 Å². The molecule has 1 heterocycles. The van der Waals surface area contributed by atoms with Crippen molar-refractivity contribution in [1.29, 1.82) is 0 Å². The second-order valence-electron chi connectivity index (χ2n) is 3.74. The van der Waals surface area contributed by atoms with E-state index in [0.29, 0.717) is 8.90 Å². The normalized spacial score (nSPS) is 12.4. The molecule has 0 aliphatic carbocycles. The highest BCUT2D eigenvalue weighted by Crippen LogP contribution is 2.39. The highest BCUT2D eigenvalue weighted by Gasteiger charge is 2.22. The number of nitrogens with one attached hydrogen (secondary N) is 1. The molecule has 0 radical (unpaired) electrons. The Kier molecular flexibility index (Phi) is 3.79. The Morgan fingerprint density at radius 2 is 1.50 bits per heavy atom. The number of benzene rings is 1. The average molecular weight is 322 g/mol. The molecule has 0 bridgehead atoms. The van der Waals surface area contributed by atoms with Gasteiger partial charge >= 0.3 is 15.5 Å². The lowest BCUT2D eigenvalue weighted by molar-refractivity contribution is 0.324. The van der Waals surface area contributed by atoms with Crippen molar-refractivity contribution in [2.24, 2.45) is 0 Å². The maximum atomic E-state index is 11.4. The summed E-state index contributed by atoms with van der Waals surface area (Å²) < 4.78 is 23.5. The molecule has 12 heteroatoms. The van der Waals surface area contributed by atoms with Crippen LogP contribution < -0.4 is 0 Å². The Bertz CT molecular complexity index is 727. The van der Waals surface area contributed by atoms with E-state index in [0.717, 1.165) is 17.2 Å². The van der Waals surface area contributed by atoms with Crippen LogP contribution in [0, 0.1) is 0 Å². The van der Waals surface area contributed by atoms with Crippen LogP contribution in [0.3, 0.4) is 0 Å². The largest absolute Gasteiger partial charge is 0.449 e. The molecule has 0 spiro atoms. The Morgan fingerprint density at radius 3 is 2.00 bits per heavy atom. The number of para-hydroxylation sites is 1. The molecule has 110 valence electrons. The summed E-state index contributed by atoms with van der Waals surface area (Å²) in [5.74, 6) is 0. The van der Waals surface area contributed by atoms with Crippen molar-refractivity contribution in [3.8, 4) is 5.69 Å². The molecule has 5 N–H and O–H groups in total. The maximum absolute atomic E-state index is 11.4. The molecule has 0 saturated heterocycles. The highest BCUT2D eigenvalue weighted by atomic mass is 31.2. The number of aromatic nitrogens is 4. The fourth-order valence-electron chi connectivity index (χ4n) is 1.46. The monoisotopic (exact) mass is 322 g/mol. The summed E-state index contributed by atoms with van der Waals surface area (Å²) in [5.41, 5.74) is 0.277. The summed E-state index contributed by atoms with van der Waals surface area (Å²) in [6, 6.07) is 7.91. The molecule has 0 aliphatic rings. The van der Waals surface area contributed by atoms with Gasteiger partial charge in [-0.2, -0.15) is 13.7 Å². The fraction of sp³-hybridized carbons (Fsp3) is 0. The van der Waals surface area contributed by atoms with Crippen LogP contribution in [-0.4, -0.2) is 38.5 Å². The van der Waals surface area contributed by atoms with Gasteiger partial charge in [-0.05, 0) is 12.1 Å².